The first-order valence-corrected chi connectivity index (χ1v) is 5.43. The van der Waals surface area contributed by atoms with Crippen molar-refractivity contribution in [2.45, 2.75) is 12.3 Å². The summed E-state index contributed by atoms with van der Waals surface area (Å²) in [5.74, 6) is 0.195. The molecule has 1 atom stereocenters. The van der Waals surface area contributed by atoms with Crippen LogP contribution < -0.4 is 10.5 Å². The zero-order valence-corrected chi connectivity index (χ0v) is 9.45. The second-order valence-corrected chi connectivity index (χ2v) is 3.86. The van der Waals surface area contributed by atoms with Crippen molar-refractivity contribution < 1.29 is 17.9 Å². The Bertz CT molecular complexity index is 534. The van der Waals surface area contributed by atoms with Crippen LogP contribution in [-0.2, 0) is 0 Å². The van der Waals surface area contributed by atoms with E-state index in [4.69, 9.17) is 10.5 Å². The Labute approximate surface area is 102 Å². The van der Waals surface area contributed by atoms with Gasteiger partial charge < -0.3 is 10.5 Å². The third-order valence-corrected chi connectivity index (χ3v) is 2.60. The summed E-state index contributed by atoms with van der Waals surface area (Å²) in [4.78, 5) is 0. The minimum Gasteiger partial charge on any atom is -0.479 e. The van der Waals surface area contributed by atoms with Gasteiger partial charge in [-0.25, -0.2) is 0 Å². The average molecular weight is 255 g/mol. The molecule has 0 saturated carbocycles. The lowest BCUT2D eigenvalue weighted by atomic mass is 10.1. The van der Waals surface area contributed by atoms with Crippen molar-refractivity contribution in [2.24, 2.45) is 5.73 Å². The molecule has 0 saturated heterocycles. The van der Waals surface area contributed by atoms with Crippen molar-refractivity contribution in [2.75, 3.05) is 6.54 Å². The van der Waals surface area contributed by atoms with Gasteiger partial charge >= 0.3 is 6.18 Å². The second-order valence-electron chi connectivity index (χ2n) is 3.86. The predicted octanol–water partition coefficient (Wildman–Crippen LogP) is 3.11. The van der Waals surface area contributed by atoms with E-state index in [1.807, 2.05) is 18.2 Å². The van der Waals surface area contributed by atoms with Gasteiger partial charge in [-0.1, -0.05) is 36.4 Å². The first kappa shape index (κ1) is 12.7. The molecule has 2 N–H and O–H groups in total. The number of benzene rings is 2. The molecule has 0 radical (unpaired) electrons. The minimum absolute atomic E-state index is 0.195. The summed E-state index contributed by atoms with van der Waals surface area (Å²) in [6.07, 6.45) is -6.45. The highest BCUT2D eigenvalue weighted by Gasteiger charge is 2.40. The Kier molecular flexibility index (Phi) is 3.43. The van der Waals surface area contributed by atoms with Gasteiger partial charge in [-0.05, 0) is 11.5 Å². The quantitative estimate of drug-likeness (QED) is 0.914. The molecule has 5 heteroatoms. The molecule has 0 aliphatic carbocycles. The topological polar surface area (TPSA) is 35.2 Å². The molecule has 0 aliphatic heterocycles. The number of alkyl halides is 3. The molecule has 0 aliphatic rings. The van der Waals surface area contributed by atoms with E-state index in [9.17, 15) is 13.2 Å². The van der Waals surface area contributed by atoms with Gasteiger partial charge in [0.05, 0.1) is 0 Å². The third-order valence-electron chi connectivity index (χ3n) is 2.60. The van der Waals surface area contributed by atoms with Gasteiger partial charge in [0.15, 0.2) is 0 Å². The first-order valence-electron chi connectivity index (χ1n) is 5.43. The van der Waals surface area contributed by atoms with Crippen molar-refractivity contribution in [3.8, 4) is 5.75 Å². The highest BCUT2D eigenvalue weighted by atomic mass is 19.4. The van der Waals surface area contributed by atoms with Crippen LogP contribution in [0.3, 0.4) is 0 Å². The maximum absolute atomic E-state index is 12.6. The number of hydrogen-bond donors (Lipinski definition) is 1. The van der Waals surface area contributed by atoms with Crippen molar-refractivity contribution in [3.05, 3.63) is 42.5 Å². The summed E-state index contributed by atoms with van der Waals surface area (Å²) >= 11 is 0. The fourth-order valence-electron chi connectivity index (χ4n) is 1.70. The predicted molar refractivity (Wildman–Crippen MR) is 63.5 cm³/mol. The highest BCUT2D eigenvalue weighted by Crippen LogP contribution is 2.30. The van der Waals surface area contributed by atoms with Crippen LogP contribution in [0.25, 0.3) is 10.8 Å². The molecular formula is C13H12F3NO. The average Bonchev–Trinajstić information content (AvgIpc) is 2.34. The van der Waals surface area contributed by atoms with Crippen LogP contribution >= 0.6 is 0 Å². The maximum atomic E-state index is 12.6. The summed E-state index contributed by atoms with van der Waals surface area (Å²) < 4.78 is 42.8. The number of ether oxygens (including phenoxy) is 1. The molecule has 18 heavy (non-hydrogen) atoms. The van der Waals surface area contributed by atoms with Crippen LogP contribution in [-0.4, -0.2) is 18.8 Å². The van der Waals surface area contributed by atoms with Gasteiger partial charge in [0.2, 0.25) is 6.10 Å². The summed E-state index contributed by atoms with van der Waals surface area (Å²) in [5.41, 5.74) is 5.11. The number of halogens is 3. The third kappa shape index (κ3) is 2.56. The summed E-state index contributed by atoms with van der Waals surface area (Å²) in [5, 5.41) is 1.47. The van der Waals surface area contributed by atoms with Gasteiger partial charge in [0.25, 0.3) is 0 Å². The molecule has 96 valence electrons. The SMILES string of the molecule is NCC(Oc1cccc2ccccc12)C(F)(F)F. The van der Waals surface area contributed by atoms with Gasteiger partial charge in [-0.3, -0.25) is 0 Å². The lowest BCUT2D eigenvalue weighted by Crippen LogP contribution is -2.40. The van der Waals surface area contributed by atoms with Crippen molar-refractivity contribution in [1.29, 1.82) is 0 Å². The normalized spacial score (nSPS) is 13.6. The summed E-state index contributed by atoms with van der Waals surface area (Å²) in [7, 11) is 0. The minimum atomic E-state index is -4.47. The standard InChI is InChI=1S/C13H12F3NO/c14-13(15,16)12(8-17)18-11-7-3-5-9-4-1-2-6-10(9)11/h1-7,12H,8,17H2. The Morgan fingerprint density at radius 2 is 1.72 bits per heavy atom. The number of hydrogen-bond acceptors (Lipinski definition) is 2. The Morgan fingerprint density at radius 3 is 2.39 bits per heavy atom. The molecule has 2 nitrogen and oxygen atoms in total. The largest absolute Gasteiger partial charge is 0.479 e. The zero-order chi connectivity index (χ0) is 13.2. The van der Waals surface area contributed by atoms with E-state index in [2.05, 4.69) is 0 Å². The van der Waals surface area contributed by atoms with Crippen molar-refractivity contribution >= 4 is 10.8 Å². The maximum Gasteiger partial charge on any atom is 0.426 e. The number of nitrogens with two attached hydrogens (primary N) is 1. The molecule has 2 aromatic carbocycles. The molecule has 1 unspecified atom stereocenters. The van der Waals surface area contributed by atoms with E-state index in [1.54, 1.807) is 18.2 Å². The molecule has 0 bridgehead atoms. The van der Waals surface area contributed by atoms with Crippen LogP contribution in [0, 0.1) is 0 Å². The van der Waals surface area contributed by atoms with E-state index >= 15 is 0 Å². The van der Waals surface area contributed by atoms with E-state index in [-0.39, 0.29) is 5.75 Å². The van der Waals surface area contributed by atoms with Gasteiger partial charge in [0.1, 0.15) is 5.75 Å². The van der Waals surface area contributed by atoms with Crippen molar-refractivity contribution in [1.82, 2.24) is 0 Å². The molecule has 2 aromatic rings. The zero-order valence-electron chi connectivity index (χ0n) is 9.45. The van der Waals surface area contributed by atoms with E-state index < -0.39 is 18.8 Å². The Hall–Kier alpha value is -1.75. The Morgan fingerprint density at radius 1 is 1.06 bits per heavy atom. The summed E-state index contributed by atoms with van der Waals surface area (Å²) in [6, 6.07) is 12.1. The van der Waals surface area contributed by atoms with Gasteiger partial charge in [0, 0.05) is 11.9 Å². The van der Waals surface area contributed by atoms with Crippen LogP contribution in [0.5, 0.6) is 5.75 Å². The number of fused-ring (bicyclic) bond motifs is 1. The fraction of sp³-hybridized carbons (Fsp3) is 0.231. The van der Waals surface area contributed by atoms with Crippen LogP contribution in [0.1, 0.15) is 0 Å². The lowest BCUT2D eigenvalue weighted by Gasteiger charge is -2.21. The Balaban J connectivity index is 2.37. The molecule has 0 heterocycles. The first-order chi connectivity index (χ1) is 8.52. The molecule has 0 spiro atoms. The smallest absolute Gasteiger partial charge is 0.426 e. The van der Waals surface area contributed by atoms with E-state index in [0.717, 1.165) is 5.39 Å². The lowest BCUT2D eigenvalue weighted by molar-refractivity contribution is -0.191. The second kappa shape index (κ2) is 4.86. The van der Waals surface area contributed by atoms with E-state index in [0.29, 0.717) is 5.39 Å². The van der Waals surface area contributed by atoms with Crippen LogP contribution in [0.15, 0.2) is 42.5 Å². The van der Waals surface area contributed by atoms with Gasteiger partial charge in [-0.15, -0.1) is 0 Å². The highest BCUT2D eigenvalue weighted by molar-refractivity contribution is 5.88. The monoisotopic (exact) mass is 255 g/mol. The molecule has 0 amide bonds. The van der Waals surface area contributed by atoms with Crippen molar-refractivity contribution in [3.63, 3.8) is 0 Å². The molecule has 0 fully saturated rings. The van der Waals surface area contributed by atoms with Crippen LogP contribution in [0.2, 0.25) is 0 Å². The molecule has 0 aromatic heterocycles. The summed E-state index contributed by atoms with van der Waals surface area (Å²) in [6.45, 7) is -0.604. The molecule has 2 rings (SSSR count). The van der Waals surface area contributed by atoms with Gasteiger partial charge in [-0.2, -0.15) is 13.2 Å². The van der Waals surface area contributed by atoms with E-state index in [1.165, 1.54) is 6.07 Å². The fourth-order valence-corrected chi connectivity index (χ4v) is 1.70. The van der Waals surface area contributed by atoms with Crippen LogP contribution in [0.4, 0.5) is 13.2 Å². The molecular weight excluding hydrogens is 243 g/mol. The number of rotatable bonds is 3.